The van der Waals surface area contributed by atoms with Gasteiger partial charge in [-0.2, -0.15) is 0 Å². The SMILES string of the molecule is O=C(CN1CCN(C(=O)C2CC(=O)N(CCc3ccccc3)C2)CC1)NCc1ccccc1. The van der Waals surface area contributed by atoms with E-state index in [0.29, 0.717) is 58.8 Å². The zero-order valence-corrected chi connectivity index (χ0v) is 19.0. The summed E-state index contributed by atoms with van der Waals surface area (Å²) < 4.78 is 0. The van der Waals surface area contributed by atoms with E-state index in [4.69, 9.17) is 0 Å². The van der Waals surface area contributed by atoms with Gasteiger partial charge in [-0.25, -0.2) is 0 Å². The Labute approximate surface area is 195 Å². The van der Waals surface area contributed by atoms with E-state index in [9.17, 15) is 14.4 Å². The standard InChI is InChI=1S/C26H32N4O3/c31-24(27-18-22-9-5-2-6-10-22)20-28-13-15-29(16-14-28)26(33)23-17-25(32)30(19-23)12-11-21-7-3-1-4-8-21/h1-10,23H,11-20H2,(H,27,31). The molecule has 2 aliphatic heterocycles. The number of hydrogen-bond acceptors (Lipinski definition) is 4. The number of amides is 3. The van der Waals surface area contributed by atoms with Crippen LogP contribution in [-0.4, -0.2) is 78.2 Å². The summed E-state index contributed by atoms with van der Waals surface area (Å²) >= 11 is 0. The number of piperazine rings is 1. The van der Waals surface area contributed by atoms with E-state index in [1.54, 1.807) is 0 Å². The maximum atomic E-state index is 13.0. The second kappa shape index (κ2) is 11.1. The normalized spacial score (nSPS) is 19.0. The maximum absolute atomic E-state index is 13.0. The van der Waals surface area contributed by atoms with Crippen molar-refractivity contribution in [1.29, 1.82) is 0 Å². The Bertz CT molecular complexity index is 943. The van der Waals surface area contributed by atoms with Gasteiger partial charge in [0.1, 0.15) is 0 Å². The fourth-order valence-electron chi connectivity index (χ4n) is 4.50. The van der Waals surface area contributed by atoms with Crippen molar-refractivity contribution in [2.75, 3.05) is 45.8 Å². The first-order valence-electron chi connectivity index (χ1n) is 11.7. The van der Waals surface area contributed by atoms with Gasteiger partial charge in [-0.3, -0.25) is 19.3 Å². The van der Waals surface area contributed by atoms with Crippen molar-refractivity contribution in [3.8, 4) is 0 Å². The first-order chi connectivity index (χ1) is 16.1. The lowest BCUT2D eigenvalue weighted by molar-refractivity contribution is -0.137. The van der Waals surface area contributed by atoms with Gasteiger partial charge in [0, 0.05) is 52.2 Å². The Hall–Kier alpha value is -3.19. The third-order valence-corrected chi connectivity index (χ3v) is 6.46. The largest absolute Gasteiger partial charge is 0.351 e. The zero-order valence-electron chi connectivity index (χ0n) is 19.0. The summed E-state index contributed by atoms with van der Waals surface area (Å²) in [6, 6.07) is 19.9. The smallest absolute Gasteiger partial charge is 0.234 e. The number of carbonyl (C=O) groups is 3. The molecule has 2 aromatic carbocycles. The molecule has 0 spiro atoms. The highest BCUT2D eigenvalue weighted by atomic mass is 16.2. The Morgan fingerprint density at radius 3 is 2.18 bits per heavy atom. The van der Waals surface area contributed by atoms with Gasteiger partial charge in [-0.15, -0.1) is 0 Å². The van der Waals surface area contributed by atoms with Crippen LogP contribution in [0.25, 0.3) is 0 Å². The minimum Gasteiger partial charge on any atom is -0.351 e. The quantitative estimate of drug-likeness (QED) is 0.665. The number of nitrogens with one attached hydrogen (secondary N) is 1. The molecule has 2 saturated heterocycles. The van der Waals surface area contributed by atoms with Crippen LogP contribution in [-0.2, 0) is 27.3 Å². The summed E-state index contributed by atoms with van der Waals surface area (Å²) in [5.41, 5.74) is 2.27. The van der Waals surface area contributed by atoms with Crippen molar-refractivity contribution < 1.29 is 14.4 Å². The van der Waals surface area contributed by atoms with E-state index in [2.05, 4.69) is 22.3 Å². The topological polar surface area (TPSA) is 73.0 Å². The molecule has 1 N–H and O–H groups in total. The molecule has 1 atom stereocenters. The summed E-state index contributed by atoms with van der Waals surface area (Å²) in [5.74, 6) is -0.125. The number of nitrogens with zero attached hydrogens (tertiary/aromatic N) is 3. The molecule has 2 fully saturated rings. The van der Waals surface area contributed by atoms with Gasteiger partial charge in [-0.05, 0) is 17.5 Å². The summed E-state index contributed by atoms with van der Waals surface area (Å²) in [7, 11) is 0. The van der Waals surface area contributed by atoms with Crippen molar-refractivity contribution in [1.82, 2.24) is 20.0 Å². The lowest BCUT2D eigenvalue weighted by atomic mass is 10.1. The van der Waals surface area contributed by atoms with Crippen molar-refractivity contribution in [2.24, 2.45) is 5.92 Å². The molecule has 2 aliphatic rings. The summed E-state index contributed by atoms with van der Waals surface area (Å²) in [6.07, 6.45) is 1.11. The van der Waals surface area contributed by atoms with E-state index in [0.717, 1.165) is 12.0 Å². The van der Waals surface area contributed by atoms with Crippen LogP contribution in [0.15, 0.2) is 60.7 Å². The molecule has 4 rings (SSSR count). The molecule has 174 valence electrons. The maximum Gasteiger partial charge on any atom is 0.234 e. The third kappa shape index (κ3) is 6.42. The van der Waals surface area contributed by atoms with E-state index in [1.165, 1.54) is 5.56 Å². The molecule has 0 saturated carbocycles. The van der Waals surface area contributed by atoms with E-state index >= 15 is 0 Å². The average Bonchev–Trinajstić information content (AvgIpc) is 3.23. The van der Waals surface area contributed by atoms with Gasteiger partial charge in [0.15, 0.2) is 0 Å². The molecule has 0 radical (unpaired) electrons. The van der Waals surface area contributed by atoms with Crippen LogP contribution in [0.4, 0.5) is 0 Å². The van der Waals surface area contributed by atoms with Gasteiger partial charge in [0.05, 0.1) is 12.5 Å². The molecule has 1 unspecified atom stereocenters. The van der Waals surface area contributed by atoms with Crippen LogP contribution < -0.4 is 5.32 Å². The van der Waals surface area contributed by atoms with E-state index in [-0.39, 0.29) is 23.6 Å². The second-order valence-corrected chi connectivity index (χ2v) is 8.84. The van der Waals surface area contributed by atoms with Crippen molar-refractivity contribution >= 4 is 17.7 Å². The fourth-order valence-corrected chi connectivity index (χ4v) is 4.50. The number of hydrogen-bond donors (Lipinski definition) is 1. The molecule has 7 heteroatoms. The van der Waals surface area contributed by atoms with Gasteiger partial charge in [0.25, 0.3) is 0 Å². The van der Waals surface area contributed by atoms with Crippen LogP contribution in [0.2, 0.25) is 0 Å². The number of rotatable bonds is 8. The predicted molar refractivity (Wildman–Crippen MR) is 126 cm³/mol. The van der Waals surface area contributed by atoms with Crippen LogP contribution >= 0.6 is 0 Å². The highest BCUT2D eigenvalue weighted by Crippen LogP contribution is 2.21. The molecule has 33 heavy (non-hydrogen) atoms. The molecule has 3 amide bonds. The molecule has 0 aromatic heterocycles. The van der Waals surface area contributed by atoms with Crippen LogP contribution in [0.5, 0.6) is 0 Å². The number of benzene rings is 2. The Balaban J connectivity index is 1.17. The molecule has 0 aliphatic carbocycles. The van der Waals surface area contributed by atoms with Crippen LogP contribution in [0.3, 0.4) is 0 Å². The van der Waals surface area contributed by atoms with Crippen molar-refractivity contribution in [3.05, 3.63) is 71.8 Å². The highest BCUT2D eigenvalue weighted by molar-refractivity contribution is 5.89. The number of carbonyl (C=O) groups excluding carboxylic acids is 3. The lowest BCUT2D eigenvalue weighted by Gasteiger charge is -2.35. The van der Waals surface area contributed by atoms with Gasteiger partial charge < -0.3 is 15.1 Å². The summed E-state index contributed by atoms with van der Waals surface area (Å²) in [5, 5.41) is 2.95. The Morgan fingerprint density at radius 1 is 0.879 bits per heavy atom. The zero-order chi connectivity index (χ0) is 23.0. The van der Waals surface area contributed by atoms with Crippen molar-refractivity contribution in [3.63, 3.8) is 0 Å². The molecule has 7 nitrogen and oxygen atoms in total. The minimum atomic E-state index is -0.256. The second-order valence-electron chi connectivity index (χ2n) is 8.84. The van der Waals surface area contributed by atoms with Gasteiger partial charge in [0.2, 0.25) is 17.7 Å². The molecule has 2 heterocycles. The van der Waals surface area contributed by atoms with Gasteiger partial charge in [-0.1, -0.05) is 60.7 Å². The summed E-state index contributed by atoms with van der Waals surface area (Å²) in [6.45, 7) is 4.55. The minimum absolute atomic E-state index is 0.00548. The van der Waals surface area contributed by atoms with Gasteiger partial charge >= 0.3 is 0 Å². The van der Waals surface area contributed by atoms with Crippen molar-refractivity contribution in [2.45, 2.75) is 19.4 Å². The molecule has 2 aromatic rings. The highest BCUT2D eigenvalue weighted by Gasteiger charge is 2.37. The van der Waals surface area contributed by atoms with Crippen LogP contribution in [0, 0.1) is 5.92 Å². The predicted octanol–water partition coefficient (Wildman–Crippen LogP) is 1.54. The van der Waals surface area contributed by atoms with E-state index in [1.807, 2.05) is 58.3 Å². The molecule has 0 bridgehead atoms. The third-order valence-electron chi connectivity index (χ3n) is 6.46. The monoisotopic (exact) mass is 448 g/mol. The lowest BCUT2D eigenvalue weighted by Crippen LogP contribution is -2.52. The van der Waals surface area contributed by atoms with Crippen LogP contribution in [0.1, 0.15) is 17.5 Å². The molecular weight excluding hydrogens is 416 g/mol. The van der Waals surface area contributed by atoms with E-state index < -0.39 is 0 Å². The fraction of sp³-hybridized carbons (Fsp3) is 0.423. The number of likely N-dealkylation sites (tertiary alicyclic amines) is 1. The first kappa shape index (κ1) is 23.0. The average molecular weight is 449 g/mol. The Kier molecular flexibility index (Phi) is 7.73. The Morgan fingerprint density at radius 2 is 1.52 bits per heavy atom. The summed E-state index contributed by atoms with van der Waals surface area (Å²) in [4.78, 5) is 43.5. The molecular formula is C26H32N4O3. The first-order valence-corrected chi connectivity index (χ1v) is 11.7.